The Kier molecular flexibility index (Phi) is 3.37. The number of aliphatic hydroxyl groups is 1. The van der Waals surface area contributed by atoms with Crippen molar-refractivity contribution in [3.8, 4) is 10.7 Å². The van der Waals surface area contributed by atoms with Crippen LogP contribution in [0, 0.1) is 0 Å². The average Bonchev–Trinajstić information content (AvgIpc) is 3.07. The lowest BCUT2D eigenvalue weighted by Gasteiger charge is -2.16. The summed E-state index contributed by atoms with van der Waals surface area (Å²) in [6, 6.07) is 5.07. The normalized spacial score (nSPS) is 18.4. The van der Waals surface area contributed by atoms with Crippen LogP contribution in [0.5, 0.6) is 0 Å². The zero-order chi connectivity index (χ0) is 14.1. The summed E-state index contributed by atoms with van der Waals surface area (Å²) in [5.74, 6) is 0.332. The molecule has 0 amide bonds. The minimum absolute atomic E-state index is 0.269. The number of rotatable bonds is 3. The fourth-order valence-electron chi connectivity index (χ4n) is 2.17. The van der Waals surface area contributed by atoms with Crippen molar-refractivity contribution in [3.63, 3.8) is 0 Å². The molecular formula is C13H13N3O3S. The van der Waals surface area contributed by atoms with Crippen LogP contribution in [0.2, 0.25) is 0 Å². The summed E-state index contributed by atoms with van der Waals surface area (Å²) < 4.78 is 0. The monoisotopic (exact) mass is 291 g/mol. The Hall–Kier alpha value is -1.99. The van der Waals surface area contributed by atoms with Crippen LogP contribution < -0.4 is 4.90 Å². The van der Waals surface area contributed by atoms with Gasteiger partial charge >= 0.3 is 5.97 Å². The predicted octanol–water partition coefficient (Wildman–Crippen LogP) is 1.47. The van der Waals surface area contributed by atoms with Gasteiger partial charge in [-0.15, -0.1) is 11.3 Å². The minimum atomic E-state index is -0.944. The zero-order valence-electron chi connectivity index (χ0n) is 10.6. The van der Waals surface area contributed by atoms with Crippen LogP contribution in [0.3, 0.4) is 0 Å². The van der Waals surface area contributed by atoms with E-state index in [1.165, 1.54) is 0 Å². The largest absolute Gasteiger partial charge is 0.477 e. The maximum atomic E-state index is 10.9. The maximum absolute atomic E-state index is 10.9. The van der Waals surface area contributed by atoms with E-state index < -0.39 is 5.97 Å². The Morgan fingerprint density at radius 1 is 1.40 bits per heavy atom. The van der Waals surface area contributed by atoms with Crippen LogP contribution in [-0.2, 0) is 0 Å². The molecule has 2 aromatic rings. The molecule has 2 aromatic heterocycles. The Bertz CT molecular complexity index is 643. The molecule has 1 saturated heterocycles. The Labute approximate surface area is 119 Å². The number of carboxylic acids is 1. The van der Waals surface area contributed by atoms with Gasteiger partial charge in [0.15, 0.2) is 5.82 Å². The van der Waals surface area contributed by atoms with E-state index in [1.54, 1.807) is 24.4 Å². The van der Waals surface area contributed by atoms with E-state index >= 15 is 0 Å². The molecule has 0 aliphatic carbocycles. The van der Waals surface area contributed by atoms with Gasteiger partial charge in [0.05, 0.1) is 11.0 Å². The molecule has 104 valence electrons. The second-order valence-electron chi connectivity index (χ2n) is 4.60. The molecule has 1 atom stereocenters. The quantitative estimate of drug-likeness (QED) is 0.890. The van der Waals surface area contributed by atoms with Crippen molar-refractivity contribution in [3.05, 3.63) is 29.3 Å². The first-order valence-corrected chi connectivity index (χ1v) is 7.04. The number of aliphatic hydroxyl groups excluding tert-OH is 1. The number of nitrogens with zero attached hydrogens (tertiary/aromatic N) is 3. The van der Waals surface area contributed by atoms with Crippen LogP contribution >= 0.6 is 11.3 Å². The molecule has 0 aromatic carbocycles. The van der Waals surface area contributed by atoms with Gasteiger partial charge in [-0.2, -0.15) is 0 Å². The van der Waals surface area contributed by atoms with Crippen molar-refractivity contribution in [2.75, 3.05) is 18.0 Å². The number of carboxylic acid groups (broad SMARTS) is 1. The summed E-state index contributed by atoms with van der Waals surface area (Å²) in [5, 5.41) is 18.5. The zero-order valence-corrected chi connectivity index (χ0v) is 11.4. The summed E-state index contributed by atoms with van der Waals surface area (Å²) >= 11 is 1.15. The molecule has 0 spiro atoms. The lowest BCUT2D eigenvalue weighted by molar-refractivity contribution is 0.0702. The Morgan fingerprint density at radius 3 is 2.90 bits per heavy atom. The van der Waals surface area contributed by atoms with Crippen molar-refractivity contribution in [2.24, 2.45) is 0 Å². The lowest BCUT2D eigenvalue weighted by Crippen LogP contribution is -2.22. The molecule has 0 unspecified atom stereocenters. The second-order valence-corrected chi connectivity index (χ2v) is 5.68. The highest BCUT2D eigenvalue weighted by molar-refractivity contribution is 7.17. The number of hydrogen-bond acceptors (Lipinski definition) is 6. The van der Waals surface area contributed by atoms with Crippen molar-refractivity contribution < 1.29 is 15.0 Å². The lowest BCUT2D eigenvalue weighted by atomic mass is 10.3. The van der Waals surface area contributed by atoms with Gasteiger partial charge in [-0.25, -0.2) is 14.8 Å². The summed E-state index contributed by atoms with van der Waals surface area (Å²) in [6.45, 7) is 1.34. The van der Waals surface area contributed by atoms with Crippen LogP contribution in [0.25, 0.3) is 10.7 Å². The highest BCUT2D eigenvalue weighted by atomic mass is 32.1. The van der Waals surface area contributed by atoms with E-state index in [9.17, 15) is 9.90 Å². The molecule has 6 nitrogen and oxygen atoms in total. The molecule has 1 aliphatic rings. The first kappa shape index (κ1) is 13.0. The summed E-state index contributed by atoms with van der Waals surface area (Å²) in [5.41, 5.74) is 0. The highest BCUT2D eigenvalue weighted by Crippen LogP contribution is 2.27. The molecule has 3 rings (SSSR count). The molecule has 20 heavy (non-hydrogen) atoms. The van der Waals surface area contributed by atoms with E-state index in [2.05, 4.69) is 9.97 Å². The van der Waals surface area contributed by atoms with E-state index in [-0.39, 0.29) is 11.0 Å². The third kappa shape index (κ3) is 2.50. The number of aromatic nitrogens is 2. The molecule has 3 heterocycles. The van der Waals surface area contributed by atoms with Gasteiger partial charge in [0.1, 0.15) is 10.7 Å². The third-order valence-electron chi connectivity index (χ3n) is 3.17. The van der Waals surface area contributed by atoms with E-state index in [4.69, 9.17) is 5.11 Å². The minimum Gasteiger partial charge on any atom is -0.477 e. The molecule has 7 heteroatoms. The van der Waals surface area contributed by atoms with Gasteiger partial charge in [-0.3, -0.25) is 0 Å². The van der Waals surface area contributed by atoms with Crippen molar-refractivity contribution in [1.29, 1.82) is 0 Å². The summed E-state index contributed by atoms with van der Waals surface area (Å²) in [7, 11) is 0. The van der Waals surface area contributed by atoms with Crippen LogP contribution in [0.4, 0.5) is 5.82 Å². The van der Waals surface area contributed by atoms with Crippen LogP contribution in [0.1, 0.15) is 16.1 Å². The SMILES string of the molecule is O=C(O)c1ccc(-c2nccc(N3CC[C@@H](O)C3)n2)s1. The first-order chi connectivity index (χ1) is 9.63. The fourth-order valence-corrected chi connectivity index (χ4v) is 2.95. The topological polar surface area (TPSA) is 86.5 Å². The Morgan fingerprint density at radius 2 is 2.25 bits per heavy atom. The van der Waals surface area contributed by atoms with Crippen molar-refractivity contribution in [2.45, 2.75) is 12.5 Å². The van der Waals surface area contributed by atoms with Gasteiger partial charge in [-0.05, 0) is 24.6 Å². The van der Waals surface area contributed by atoms with Crippen molar-refractivity contribution in [1.82, 2.24) is 9.97 Å². The smallest absolute Gasteiger partial charge is 0.345 e. The van der Waals surface area contributed by atoms with Gasteiger partial charge in [0.25, 0.3) is 0 Å². The van der Waals surface area contributed by atoms with Crippen LogP contribution in [-0.4, -0.2) is 45.3 Å². The number of carbonyl (C=O) groups is 1. The average molecular weight is 291 g/mol. The first-order valence-electron chi connectivity index (χ1n) is 6.23. The number of thiophene rings is 1. The van der Waals surface area contributed by atoms with Gasteiger partial charge in [-0.1, -0.05) is 0 Å². The second kappa shape index (κ2) is 5.18. The highest BCUT2D eigenvalue weighted by Gasteiger charge is 2.22. The van der Waals surface area contributed by atoms with E-state index in [0.717, 1.165) is 35.0 Å². The van der Waals surface area contributed by atoms with E-state index in [1.807, 2.05) is 4.90 Å². The summed E-state index contributed by atoms with van der Waals surface area (Å²) in [6.07, 6.45) is 2.08. The number of hydrogen-bond donors (Lipinski definition) is 2. The molecule has 1 aliphatic heterocycles. The number of β-amino-alcohol motifs (C(OH)–C–C–N with tert-alkyl or cyclic N) is 1. The number of aromatic carboxylic acids is 1. The molecule has 1 fully saturated rings. The molecule has 0 radical (unpaired) electrons. The van der Waals surface area contributed by atoms with Gasteiger partial charge in [0, 0.05) is 19.3 Å². The van der Waals surface area contributed by atoms with Gasteiger partial charge in [0.2, 0.25) is 0 Å². The summed E-state index contributed by atoms with van der Waals surface area (Å²) in [4.78, 5) is 22.5. The molecule has 0 bridgehead atoms. The predicted molar refractivity (Wildman–Crippen MR) is 75.1 cm³/mol. The standard InChI is InChI=1S/C13H13N3O3S/c17-8-4-6-16(7-8)11-3-5-14-12(15-11)9-1-2-10(20-9)13(18)19/h1-3,5,8,17H,4,6-7H2,(H,18,19)/t8-/m1/s1. The fraction of sp³-hybridized carbons (Fsp3) is 0.308. The number of anilines is 1. The van der Waals surface area contributed by atoms with E-state index in [0.29, 0.717) is 12.4 Å². The molecule has 0 saturated carbocycles. The van der Waals surface area contributed by atoms with Crippen molar-refractivity contribution >= 4 is 23.1 Å². The van der Waals surface area contributed by atoms with Crippen LogP contribution in [0.15, 0.2) is 24.4 Å². The molecule has 2 N–H and O–H groups in total. The third-order valence-corrected chi connectivity index (χ3v) is 4.23. The Balaban J connectivity index is 1.88. The van der Waals surface area contributed by atoms with Gasteiger partial charge < -0.3 is 15.1 Å². The maximum Gasteiger partial charge on any atom is 0.345 e. The molecular weight excluding hydrogens is 278 g/mol.